The molecule has 0 aromatic heterocycles. The van der Waals surface area contributed by atoms with Crippen molar-refractivity contribution >= 4 is 5.97 Å². The second kappa shape index (κ2) is 3.00. The van der Waals surface area contributed by atoms with Crippen molar-refractivity contribution in [1.82, 2.24) is 0 Å². The van der Waals surface area contributed by atoms with Crippen LogP contribution < -0.4 is 0 Å². The number of hydrogen-bond donors (Lipinski definition) is 0. The molecule has 0 aromatic rings. The van der Waals surface area contributed by atoms with Gasteiger partial charge in [0.15, 0.2) is 0 Å². The molecule has 0 heterocycles. The van der Waals surface area contributed by atoms with Gasteiger partial charge < -0.3 is 4.74 Å². The quantitative estimate of drug-likeness (QED) is 0.585. The minimum absolute atomic E-state index is 0.0458. The summed E-state index contributed by atoms with van der Waals surface area (Å²) in [4.78, 5) is 11.5. The molecule has 1 rings (SSSR count). The largest absolute Gasteiger partial charge is 0.469 e. The molecule has 2 heteroatoms. The van der Waals surface area contributed by atoms with Gasteiger partial charge in [0.2, 0.25) is 0 Å². The van der Waals surface area contributed by atoms with E-state index in [0.717, 1.165) is 12.8 Å². The molecule has 0 spiro atoms. The Morgan fingerprint density at radius 1 is 1.31 bits per heavy atom. The van der Waals surface area contributed by atoms with Gasteiger partial charge in [-0.2, -0.15) is 0 Å². The molecule has 0 bridgehead atoms. The summed E-state index contributed by atoms with van der Waals surface area (Å²) in [5.41, 5.74) is 0.298. The van der Waals surface area contributed by atoms with Gasteiger partial charge in [-0.3, -0.25) is 4.79 Å². The van der Waals surface area contributed by atoms with Crippen molar-refractivity contribution < 1.29 is 9.53 Å². The maximum atomic E-state index is 11.5. The van der Waals surface area contributed by atoms with Crippen LogP contribution in [0.15, 0.2) is 0 Å². The topological polar surface area (TPSA) is 26.3 Å². The third-order valence-electron chi connectivity index (χ3n) is 4.16. The van der Waals surface area contributed by atoms with Crippen molar-refractivity contribution in [2.75, 3.05) is 7.11 Å². The summed E-state index contributed by atoms with van der Waals surface area (Å²) < 4.78 is 4.82. The summed E-state index contributed by atoms with van der Waals surface area (Å²) >= 11 is 0. The molecule has 1 fully saturated rings. The zero-order valence-electron chi connectivity index (χ0n) is 9.31. The number of rotatable bonds is 1. The normalized spacial score (nSPS) is 30.1. The number of carbonyl (C=O) groups is 1. The molecule has 0 aromatic carbocycles. The fourth-order valence-electron chi connectivity index (χ4n) is 2.21. The van der Waals surface area contributed by atoms with Gasteiger partial charge in [-0.1, -0.05) is 27.7 Å². The first kappa shape index (κ1) is 10.6. The van der Waals surface area contributed by atoms with Gasteiger partial charge in [0.25, 0.3) is 0 Å². The lowest BCUT2D eigenvalue weighted by Crippen LogP contribution is -2.35. The third kappa shape index (κ3) is 1.47. The second-order valence-electron chi connectivity index (χ2n) is 5.22. The summed E-state index contributed by atoms with van der Waals surface area (Å²) in [5, 5.41) is 0. The Morgan fingerprint density at radius 2 is 1.85 bits per heavy atom. The Hall–Kier alpha value is -0.530. The van der Waals surface area contributed by atoms with E-state index < -0.39 is 0 Å². The maximum Gasteiger partial charge on any atom is 0.309 e. The van der Waals surface area contributed by atoms with E-state index >= 15 is 0 Å². The average molecular weight is 184 g/mol. The molecule has 13 heavy (non-hydrogen) atoms. The molecule has 1 atom stereocenters. The lowest BCUT2D eigenvalue weighted by Gasteiger charge is -2.37. The van der Waals surface area contributed by atoms with Crippen molar-refractivity contribution in [3.63, 3.8) is 0 Å². The zero-order valence-corrected chi connectivity index (χ0v) is 9.31. The number of ether oxygens (including phenoxy) is 1. The molecule has 2 nitrogen and oxygen atoms in total. The predicted octanol–water partition coefficient (Wildman–Crippen LogP) is 2.62. The van der Waals surface area contributed by atoms with Crippen LogP contribution in [0.2, 0.25) is 0 Å². The molecule has 76 valence electrons. The smallest absolute Gasteiger partial charge is 0.309 e. The zero-order chi connectivity index (χ0) is 10.3. The van der Waals surface area contributed by atoms with Crippen molar-refractivity contribution in [3.8, 4) is 0 Å². The Morgan fingerprint density at radius 3 is 2.15 bits per heavy atom. The molecule has 0 unspecified atom stereocenters. The van der Waals surface area contributed by atoms with E-state index in [1.165, 1.54) is 7.11 Å². The van der Waals surface area contributed by atoms with Crippen LogP contribution in [-0.2, 0) is 9.53 Å². The van der Waals surface area contributed by atoms with Gasteiger partial charge in [-0.05, 0) is 23.7 Å². The van der Waals surface area contributed by atoms with Crippen LogP contribution in [0.5, 0.6) is 0 Å². The lowest BCUT2D eigenvalue weighted by atomic mass is 9.67. The van der Waals surface area contributed by atoms with Crippen LogP contribution >= 0.6 is 0 Å². The van der Waals surface area contributed by atoms with Gasteiger partial charge in [0, 0.05) is 0 Å². The minimum Gasteiger partial charge on any atom is -0.469 e. The maximum absolute atomic E-state index is 11.5. The summed E-state index contributed by atoms with van der Waals surface area (Å²) in [7, 11) is 1.48. The number of esters is 1. The van der Waals surface area contributed by atoms with Crippen LogP contribution in [0.25, 0.3) is 0 Å². The van der Waals surface area contributed by atoms with Crippen molar-refractivity contribution in [2.24, 2.45) is 16.7 Å². The van der Waals surface area contributed by atoms with Crippen molar-refractivity contribution in [3.05, 3.63) is 0 Å². The molecule has 0 N–H and O–H groups in total. The van der Waals surface area contributed by atoms with Gasteiger partial charge >= 0.3 is 5.97 Å². The van der Waals surface area contributed by atoms with Crippen LogP contribution in [0.1, 0.15) is 40.5 Å². The van der Waals surface area contributed by atoms with Gasteiger partial charge in [-0.25, -0.2) is 0 Å². The Bertz CT molecular complexity index is 216. The Kier molecular flexibility index (Phi) is 2.44. The van der Waals surface area contributed by atoms with E-state index in [0.29, 0.717) is 0 Å². The molecule has 0 saturated heterocycles. The summed E-state index contributed by atoms with van der Waals surface area (Å²) in [5.74, 6) is 0.0306. The first-order chi connectivity index (χ1) is 5.83. The van der Waals surface area contributed by atoms with Crippen LogP contribution in [0.4, 0.5) is 0 Å². The van der Waals surface area contributed by atoms with E-state index in [9.17, 15) is 4.79 Å². The molecular weight excluding hydrogens is 164 g/mol. The van der Waals surface area contributed by atoms with E-state index in [1.54, 1.807) is 0 Å². The van der Waals surface area contributed by atoms with Crippen LogP contribution in [-0.4, -0.2) is 13.1 Å². The molecule has 0 aliphatic heterocycles. The third-order valence-corrected chi connectivity index (χ3v) is 4.16. The Balaban J connectivity index is 2.88. The van der Waals surface area contributed by atoms with E-state index in [2.05, 4.69) is 27.7 Å². The van der Waals surface area contributed by atoms with Gasteiger partial charge in [-0.15, -0.1) is 0 Å². The van der Waals surface area contributed by atoms with Crippen LogP contribution in [0.3, 0.4) is 0 Å². The highest BCUT2D eigenvalue weighted by atomic mass is 16.5. The van der Waals surface area contributed by atoms with Crippen LogP contribution in [0, 0.1) is 16.7 Å². The standard InChI is InChI=1S/C11H20O2/c1-10(2)7-6-8(9(12)13-5)11(10,3)4/h8H,6-7H2,1-5H3/t8-/m0/s1. The molecule has 0 radical (unpaired) electrons. The summed E-state index contributed by atoms with van der Waals surface area (Å²) in [6.07, 6.45) is 2.08. The number of methoxy groups -OCH3 is 1. The summed E-state index contributed by atoms with van der Waals surface area (Å²) in [6.45, 7) is 8.80. The average Bonchev–Trinajstić information content (AvgIpc) is 2.22. The lowest BCUT2D eigenvalue weighted by molar-refractivity contribution is -0.150. The predicted molar refractivity (Wildman–Crippen MR) is 52.3 cm³/mol. The van der Waals surface area contributed by atoms with Crippen molar-refractivity contribution in [2.45, 2.75) is 40.5 Å². The first-order valence-electron chi connectivity index (χ1n) is 4.91. The highest BCUT2D eigenvalue weighted by molar-refractivity contribution is 5.73. The molecule has 0 amide bonds. The van der Waals surface area contributed by atoms with Crippen molar-refractivity contribution in [1.29, 1.82) is 0 Å². The SMILES string of the molecule is COC(=O)[C@@H]1CCC(C)(C)C1(C)C. The first-order valence-corrected chi connectivity index (χ1v) is 4.91. The number of carbonyl (C=O) groups excluding carboxylic acids is 1. The molecule has 1 aliphatic carbocycles. The highest BCUT2D eigenvalue weighted by Gasteiger charge is 2.51. The fraction of sp³-hybridized carbons (Fsp3) is 0.909. The van der Waals surface area contributed by atoms with Gasteiger partial charge in [0.1, 0.15) is 0 Å². The minimum atomic E-state index is -0.0458. The second-order valence-corrected chi connectivity index (χ2v) is 5.22. The Labute approximate surface area is 80.7 Å². The molecular formula is C11H20O2. The molecule has 1 aliphatic rings. The van der Waals surface area contributed by atoms with Gasteiger partial charge in [0.05, 0.1) is 13.0 Å². The monoisotopic (exact) mass is 184 g/mol. The number of hydrogen-bond acceptors (Lipinski definition) is 2. The van der Waals surface area contributed by atoms with E-state index in [4.69, 9.17) is 4.74 Å². The van der Waals surface area contributed by atoms with E-state index in [-0.39, 0.29) is 22.7 Å². The fourth-order valence-corrected chi connectivity index (χ4v) is 2.21. The highest BCUT2D eigenvalue weighted by Crippen LogP contribution is 2.55. The molecule has 1 saturated carbocycles. The summed E-state index contributed by atoms with van der Waals surface area (Å²) in [6, 6.07) is 0. The van der Waals surface area contributed by atoms with E-state index in [1.807, 2.05) is 0 Å².